The Bertz CT molecular complexity index is 308. The van der Waals surface area contributed by atoms with Crippen LogP contribution in [0.2, 0.25) is 23.7 Å². The van der Waals surface area contributed by atoms with Crippen LogP contribution in [0.4, 0.5) is 0 Å². The maximum Gasteiger partial charge on any atom is 0.221 e. The van der Waals surface area contributed by atoms with E-state index in [9.17, 15) is 9.59 Å². The highest BCUT2D eigenvalue weighted by Gasteiger charge is 2.47. The van der Waals surface area contributed by atoms with Gasteiger partial charge in [0.15, 0.2) is 0 Å². The topological polar surface area (TPSA) is 34.1 Å². The summed E-state index contributed by atoms with van der Waals surface area (Å²) in [4.78, 5) is 22.8. The Morgan fingerprint density at radius 1 is 1.21 bits per heavy atom. The average molecular weight is 210 g/mol. The Kier molecular flexibility index (Phi) is 2.56. The molecule has 0 aromatic heterocycles. The average Bonchev–Trinajstić information content (AvgIpc) is 2.30. The lowest BCUT2D eigenvalue weighted by molar-refractivity contribution is -0.132. The molecule has 0 radical (unpaired) electrons. The summed E-state index contributed by atoms with van der Waals surface area (Å²) in [5, 5.41) is 0.141. The lowest BCUT2D eigenvalue weighted by Gasteiger charge is -2.40. The minimum Gasteiger partial charge on any atom is -0.290 e. The van der Waals surface area contributed by atoms with Crippen molar-refractivity contribution in [3.63, 3.8) is 0 Å². The van der Waals surface area contributed by atoms with Gasteiger partial charge in [0.2, 0.25) is 11.6 Å². The Labute approximate surface area is 86.4 Å². The molecule has 2 nitrogen and oxygen atoms in total. The number of carbonyl (C=O) groups excluding carboxylic acids is 2. The van der Waals surface area contributed by atoms with Crippen molar-refractivity contribution >= 4 is 19.6 Å². The molecule has 0 heterocycles. The van der Waals surface area contributed by atoms with Crippen LogP contribution in [0.5, 0.6) is 0 Å². The molecular weight excluding hydrogens is 192 g/mol. The summed E-state index contributed by atoms with van der Waals surface area (Å²) in [6, 6.07) is 0. The first-order valence-corrected chi connectivity index (χ1v) is 8.02. The lowest BCUT2D eigenvalue weighted by Crippen LogP contribution is -2.44. The molecule has 0 bridgehead atoms. The van der Waals surface area contributed by atoms with Crippen LogP contribution in [0.25, 0.3) is 0 Å². The zero-order valence-corrected chi connectivity index (χ0v) is 10.5. The van der Waals surface area contributed by atoms with Crippen LogP contribution in [0.15, 0.2) is 12.2 Å². The molecule has 3 heteroatoms. The van der Waals surface area contributed by atoms with Gasteiger partial charge >= 0.3 is 0 Å². The van der Waals surface area contributed by atoms with Gasteiger partial charge in [-0.3, -0.25) is 9.59 Å². The summed E-state index contributed by atoms with van der Waals surface area (Å²) in [6.45, 7) is 10.8. The van der Waals surface area contributed by atoms with Crippen LogP contribution in [-0.2, 0) is 9.59 Å². The van der Waals surface area contributed by atoms with E-state index in [-0.39, 0.29) is 22.1 Å². The molecule has 0 unspecified atom stereocenters. The Hall–Kier alpha value is -0.703. The summed E-state index contributed by atoms with van der Waals surface area (Å²) in [5.74, 6) is -0.517. The van der Waals surface area contributed by atoms with E-state index in [2.05, 4.69) is 33.9 Å². The van der Waals surface area contributed by atoms with Crippen LogP contribution < -0.4 is 0 Å². The maximum atomic E-state index is 11.6. The van der Waals surface area contributed by atoms with E-state index in [1.54, 1.807) is 0 Å². The van der Waals surface area contributed by atoms with Crippen molar-refractivity contribution in [3.8, 4) is 0 Å². The number of Topliss-reactive ketones (excluding diaryl/α,β-unsaturated/α-hetero) is 1. The van der Waals surface area contributed by atoms with E-state index >= 15 is 0 Å². The first-order valence-electron chi connectivity index (χ1n) is 4.94. The van der Waals surface area contributed by atoms with Gasteiger partial charge < -0.3 is 0 Å². The third-order valence-corrected chi connectivity index (χ3v) is 9.55. The monoisotopic (exact) mass is 210 g/mol. The third-order valence-electron chi connectivity index (χ3n) is 3.68. The fourth-order valence-corrected chi connectivity index (χ4v) is 3.85. The van der Waals surface area contributed by atoms with E-state index in [0.29, 0.717) is 0 Å². The minimum atomic E-state index is -1.73. The number of ketones is 2. The highest BCUT2D eigenvalue weighted by Crippen LogP contribution is 2.45. The molecule has 0 aromatic carbocycles. The van der Waals surface area contributed by atoms with Crippen molar-refractivity contribution in [2.24, 2.45) is 0 Å². The van der Waals surface area contributed by atoms with Crippen LogP contribution in [0, 0.1) is 0 Å². The zero-order chi connectivity index (χ0) is 11.1. The molecule has 0 amide bonds. The molecule has 14 heavy (non-hydrogen) atoms. The largest absolute Gasteiger partial charge is 0.290 e. The second kappa shape index (κ2) is 3.16. The number of rotatable bonds is 1. The van der Waals surface area contributed by atoms with Crippen LogP contribution in [0.1, 0.15) is 20.8 Å². The summed E-state index contributed by atoms with van der Waals surface area (Å²) in [7, 11) is -1.73. The van der Waals surface area contributed by atoms with Crippen molar-refractivity contribution in [2.45, 2.75) is 44.4 Å². The van der Waals surface area contributed by atoms with Crippen molar-refractivity contribution in [2.75, 3.05) is 0 Å². The predicted molar refractivity (Wildman–Crippen MR) is 60.1 cm³/mol. The molecule has 0 fully saturated rings. The third kappa shape index (κ3) is 1.61. The molecule has 1 aliphatic carbocycles. The number of hydrogen-bond donors (Lipinski definition) is 0. The van der Waals surface area contributed by atoms with E-state index in [1.807, 2.05) is 6.08 Å². The van der Waals surface area contributed by atoms with E-state index in [1.165, 1.54) is 6.08 Å². The van der Waals surface area contributed by atoms with Gasteiger partial charge in [-0.05, 0) is 11.1 Å². The van der Waals surface area contributed by atoms with E-state index in [0.717, 1.165) is 0 Å². The smallest absolute Gasteiger partial charge is 0.221 e. The van der Waals surface area contributed by atoms with Crippen LogP contribution >= 0.6 is 0 Å². The quantitative estimate of drug-likeness (QED) is 0.492. The highest BCUT2D eigenvalue weighted by molar-refractivity contribution is 6.87. The Morgan fingerprint density at radius 3 is 2.00 bits per heavy atom. The number of hydrogen-bond acceptors (Lipinski definition) is 2. The zero-order valence-electron chi connectivity index (χ0n) is 9.55. The first kappa shape index (κ1) is 11.4. The number of allylic oxidation sites excluding steroid dienone is 2. The Balaban J connectivity index is 3.02. The minimum absolute atomic E-state index is 0.116. The van der Waals surface area contributed by atoms with Gasteiger partial charge in [-0.15, -0.1) is 0 Å². The fourth-order valence-electron chi connectivity index (χ4n) is 1.54. The molecule has 1 rings (SSSR count). The van der Waals surface area contributed by atoms with Gasteiger partial charge in [-0.2, -0.15) is 0 Å². The summed E-state index contributed by atoms with van der Waals surface area (Å²) >= 11 is 0. The predicted octanol–water partition coefficient (Wildman–Crippen LogP) is 2.57. The van der Waals surface area contributed by atoms with Crippen LogP contribution in [0.3, 0.4) is 0 Å². The van der Waals surface area contributed by atoms with Crippen molar-refractivity contribution in [1.29, 1.82) is 0 Å². The molecule has 0 spiro atoms. The highest BCUT2D eigenvalue weighted by atomic mass is 28.3. The van der Waals surface area contributed by atoms with Crippen molar-refractivity contribution in [3.05, 3.63) is 12.2 Å². The second-order valence-electron chi connectivity index (χ2n) is 5.54. The Morgan fingerprint density at radius 2 is 1.71 bits per heavy atom. The SMILES string of the molecule is CC(C)(C)[Si](C)(C)[C@@H]1C=CC(=O)C1=O. The number of carbonyl (C=O) groups is 2. The summed E-state index contributed by atoms with van der Waals surface area (Å²) in [5.41, 5.74) is -0.116. The first-order chi connectivity index (χ1) is 6.18. The van der Waals surface area contributed by atoms with Gasteiger partial charge in [0.25, 0.3) is 0 Å². The molecule has 1 aliphatic rings. The molecule has 78 valence electrons. The van der Waals surface area contributed by atoms with Crippen molar-refractivity contribution < 1.29 is 9.59 Å². The van der Waals surface area contributed by atoms with Gasteiger partial charge in [-0.1, -0.05) is 39.9 Å². The molecular formula is C11H18O2Si. The normalized spacial score (nSPS) is 23.4. The lowest BCUT2D eigenvalue weighted by atomic mass is 10.2. The molecule has 0 N–H and O–H groups in total. The summed E-state index contributed by atoms with van der Waals surface area (Å²) < 4.78 is 0. The standard InChI is InChI=1S/C11H18O2Si/c1-11(2,3)14(4,5)9-7-6-8(12)10(9)13/h6-7,9H,1-5H3/t9-/m1/s1. The van der Waals surface area contributed by atoms with Gasteiger partial charge in [-0.25, -0.2) is 0 Å². The second-order valence-corrected chi connectivity index (χ2v) is 11.1. The molecule has 0 saturated heterocycles. The molecule has 0 aromatic rings. The molecule has 0 aliphatic heterocycles. The maximum absolute atomic E-state index is 11.6. The van der Waals surface area contributed by atoms with Gasteiger partial charge in [0, 0.05) is 5.54 Å². The molecule has 0 saturated carbocycles. The van der Waals surface area contributed by atoms with Gasteiger partial charge in [0.05, 0.1) is 8.07 Å². The van der Waals surface area contributed by atoms with Crippen molar-refractivity contribution in [1.82, 2.24) is 0 Å². The van der Waals surface area contributed by atoms with Gasteiger partial charge in [0.1, 0.15) is 0 Å². The summed E-state index contributed by atoms with van der Waals surface area (Å²) in [6.07, 6.45) is 3.25. The van der Waals surface area contributed by atoms with E-state index in [4.69, 9.17) is 0 Å². The van der Waals surface area contributed by atoms with E-state index < -0.39 is 8.07 Å². The fraction of sp³-hybridized carbons (Fsp3) is 0.636. The molecule has 1 atom stereocenters. The van der Waals surface area contributed by atoms with Crippen LogP contribution in [-0.4, -0.2) is 19.6 Å².